The Morgan fingerprint density at radius 2 is 1.21 bits per heavy atom. The third-order valence-corrected chi connectivity index (χ3v) is 11.1. The average molecular weight is 623 g/mol. The second kappa shape index (κ2) is 9.39. The van der Waals surface area contributed by atoms with Crippen molar-refractivity contribution in [1.29, 1.82) is 0 Å². The minimum absolute atomic E-state index is 0.239. The molecule has 0 unspecified atom stereocenters. The van der Waals surface area contributed by atoms with Crippen molar-refractivity contribution < 1.29 is 4.42 Å². The van der Waals surface area contributed by atoms with Gasteiger partial charge in [0.25, 0.3) is 0 Å². The summed E-state index contributed by atoms with van der Waals surface area (Å²) in [6.07, 6.45) is 0. The highest BCUT2D eigenvalue weighted by molar-refractivity contribution is 6.11. The molecule has 3 aromatic heterocycles. The minimum atomic E-state index is -0.259. The van der Waals surface area contributed by atoms with E-state index in [1.807, 2.05) is 12.1 Å². The van der Waals surface area contributed by atoms with Crippen LogP contribution in [-0.2, 0) is 5.54 Å². The first kappa shape index (κ1) is 27.3. The zero-order valence-corrected chi connectivity index (χ0v) is 27.4. The molecule has 0 aliphatic carbocycles. The first-order valence-corrected chi connectivity index (χ1v) is 16.7. The molecule has 6 aromatic carbocycles. The zero-order chi connectivity index (χ0) is 32.4. The number of rotatable bonds is 3. The SMILES string of the molecule is CC1(C)N(c2ccc3c(c2)c2ccccc2n3-c2ccc3c(c2)oc2ccccc23)c2nc3c(-c4ccccc4)cccc3n2C1(C)C. The molecule has 0 radical (unpaired) electrons. The molecule has 0 bridgehead atoms. The Kier molecular flexibility index (Phi) is 5.34. The van der Waals surface area contributed by atoms with Gasteiger partial charge < -0.3 is 18.5 Å². The molecule has 0 atom stereocenters. The summed E-state index contributed by atoms with van der Waals surface area (Å²) in [7, 11) is 0. The zero-order valence-electron chi connectivity index (χ0n) is 27.4. The molecule has 1 aliphatic rings. The average Bonchev–Trinajstić information content (AvgIpc) is 3.80. The van der Waals surface area contributed by atoms with Crippen molar-refractivity contribution in [2.24, 2.45) is 0 Å². The Morgan fingerprint density at radius 3 is 2.06 bits per heavy atom. The van der Waals surface area contributed by atoms with Crippen LogP contribution in [0, 0.1) is 0 Å². The van der Waals surface area contributed by atoms with Crippen molar-refractivity contribution >= 4 is 66.4 Å². The number of nitrogens with zero attached hydrogens (tertiary/aromatic N) is 4. The summed E-state index contributed by atoms with van der Waals surface area (Å²) in [5.74, 6) is 0.974. The summed E-state index contributed by atoms with van der Waals surface area (Å²) in [6, 6.07) is 47.6. The molecule has 5 nitrogen and oxygen atoms in total. The van der Waals surface area contributed by atoms with Crippen molar-refractivity contribution in [3.63, 3.8) is 0 Å². The van der Waals surface area contributed by atoms with Gasteiger partial charge in [0.2, 0.25) is 5.95 Å². The fraction of sp³-hybridized carbons (Fsp3) is 0.140. The van der Waals surface area contributed by atoms with E-state index < -0.39 is 0 Å². The lowest BCUT2D eigenvalue weighted by Gasteiger charge is -2.41. The van der Waals surface area contributed by atoms with E-state index in [4.69, 9.17) is 9.40 Å². The van der Waals surface area contributed by atoms with Crippen LogP contribution in [-0.4, -0.2) is 19.7 Å². The fourth-order valence-corrected chi connectivity index (χ4v) is 8.11. The van der Waals surface area contributed by atoms with Crippen molar-refractivity contribution in [1.82, 2.24) is 14.1 Å². The van der Waals surface area contributed by atoms with Gasteiger partial charge in [-0.3, -0.25) is 0 Å². The summed E-state index contributed by atoms with van der Waals surface area (Å²) < 4.78 is 11.1. The van der Waals surface area contributed by atoms with Crippen molar-refractivity contribution in [2.45, 2.75) is 38.8 Å². The minimum Gasteiger partial charge on any atom is -0.456 e. The molecule has 0 fully saturated rings. The van der Waals surface area contributed by atoms with Gasteiger partial charge in [-0.25, -0.2) is 4.98 Å². The number of furan rings is 1. The van der Waals surface area contributed by atoms with Gasteiger partial charge in [-0.05, 0) is 81.8 Å². The lowest BCUT2D eigenvalue weighted by Crippen LogP contribution is -2.50. The van der Waals surface area contributed by atoms with Crippen LogP contribution in [0.1, 0.15) is 27.7 Å². The van der Waals surface area contributed by atoms with E-state index >= 15 is 0 Å². The van der Waals surface area contributed by atoms with Crippen LogP contribution in [0.4, 0.5) is 11.6 Å². The number of benzene rings is 6. The Labute approximate surface area is 278 Å². The van der Waals surface area contributed by atoms with E-state index in [1.165, 1.54) is 21.9 Å². The van der Waals surface area contributed by atoms with Gasteiger partial charge in [-0.2, -0.15) is 0 Å². The van der Waals surface area contributed by atoms with Crippen LogP contribution in [0.25, 0.3) is 71.6 Å². The van der Waals surface area contributed by atoms with Crippen LogP contribution in [0.15, 0.2) is 138 Å². The van der Waals surface area contributed by atoms with E-state index in [2.05, 4.69) is 163 Å². The van der Waals surface area contributed by atoms with Gasteiger partial charge in [0.1, 0.15) is 11.2 Å². The van der Waals surface area contributed by atoms with Crippen LogP contribution >= 0.6 is 0 Å². The highest BCUT2D eigenvalue weighted by Gasteiger charge is 2.53. The van der Waals surface area contributed by atoms with Crippen molar-refractivity contribution in [3.05, 3.63) is 133 Å². The van der Waals surface area contributed by atoms with Crippen LogP contribution in [0.3, 0.4) is 0 Å². The van der Waals surface area contributed by atoms with E-state index in [-0.39, 0.29) is 11.1 Å². The Bertz CT molecular complexity index is 2740. The largest absolute Gasteiger partial charge is 0.456 e. The molecule has 10 rings (SSSR count). The lowest BCUT2D eigenvalue weighted by molar-refractivity contribution is 0.253. The monoisotopic (exact) mass is 622 g/mol. The standard InChI is InChI=1S/C43H34N4O/c1-42(2)43(3,4)47-37-19-12-17-30(27-13-6-5-7-14-27)40(37)44-41(47)46(42)29-22-24-36-34(25-29)31-15-8-10-18-35(31)45(36)28-21-23-33-32-16-9-11-20-38(32)48-39(33)26-28/h5-26H,1-4H3. The van der Waals surface area contributed by atoms with Crippen LogP contribution in [0.2, 0.25) is 0 Å². The normalized spacial score (nSPS) is 15.4. The Balaban J connectivity index is 1.18. The van der Waals surface area contributed by atoms with Crippen molar-refractivity contribution in [3.8, 4) is 16.8 Å². The first-order valence-electron chi connectivity index (χ1n) is 16.7. The second-order valence-electron chi connectivity index (χ2n) is 14.1. The maximum atomic E-state index is 6.31. The molecule has 232 valence electrons. The van der Waals surface area contributed by atoms with E-state index in [0.717, 1.165) is 61.4 Å². The molecular weight excluding hydrogens is 589 g/mol. The number of imidazole rings is 1. The van der Waals surface area contributed by atoms with Gasteiger partial charge in [0.15, 0.2) is 0 Å². The molecule has 1 aliphatic heterocycles. The number of aromatic nitrogens is 3. The van der Waals surface area contributed by atoms with Gasteiger partial charge in [-0.1, -0.05) is 78.9 Å². The topological polar surface area (TPSA) is 39.1 Å². The maximum absolute atomic E-state index is 6.31. The summed E-state index contributed by atoms with van der Waals surface area (Å²) >= 11 is 0. The predicted octanol–water partition coefficient (Wildman–Crippen LogP) is 11.4. The second-order valence-corrected chi connectivity index (χ2v) is 14.1. The fourth-order valence-electron chi connectivity index (χ4n) is 8.11. The molecule has 0 saturated heterocycles. The van der Waals surface area contributed by atoms with E-state index in [1.54, 1.807) is 0 Å². The summed E-state index contributed by atoms with van der Waals surface area (Å²) in [6.45, 7) is 9.35. The number of hydrogen-bond donors (Lipinski definition) is 0. The summed E-state index contributed by atoms with van der Waals surface area (Å²) in [5.41, 5.74) is 10.4. The quantitative estimate of drug-likeness (QED) is 0.197. The van der Waals surface area contributed by atoms with Crippen LogP contribution in [0.5, 0.6) is 0 Å². The number of para-hydroxylation sites is 3. The maximum Gasteiger partial charge on any atom is 0.212 e. The Hall–Kier alpha value is -5.81. The van der Waals surface area contributed by atoms with Crippen LogP contribution < -0.4 is 4.90 Å². The lowest BCUT2D eigenvalue weighted by atomic mass is 9.82. The number of anilines is 2. The molecule has 0 spiro atoms. The third kappa shape index (κ3) is 3.48. The summed E-state index contributed by atoms with van der Waals surface area (Å²) in [4.78, 5) is 7.89. The molecular formula is C43H34N4O. The summed E-state index contributed by atoms with van der Waals surface area (Å²) in [5, 5.41) is 4.70. The molecule has 5 heteroatoms. The molecule has 0 N–H and O–H groups in total. The Morgan fingerprint density at radius 1 is 0.521 bits per heavy atom. The van der Waals surface area contributed by atoms with Gasteiger partial charge in [0, 0.05) is 44.5 Å². The molecule has 0 amide bonds. The molecule has 4 heterocycles. The third-order valence-electron chi connectivity index (χ3n) is 11.1. The predicted molar refractivity (Wildman–Crippen MR) is 199 cm³/mol. The number of fused-ring (bicyclic) bond motifs is 9. The van der Waals surface area contributed by atoms with Gasteiger partial charge in [0.05, 0.1) is 33.1 Å². The molecule has 0 saturated carbocycles. The number of hydrogen-bond acceptors (Lipinski definition) is 3. The van der Waals surface area contributed by atoms with Gasteiger partial charge in [-0.15, -0.1) is 0 Å². The van der Waals surface area contributed by atoms with Crippen molar-refractivity contribution in [2.75, 3.05) is 4.90 Å². The van der Waals surface area contributed by atoms with E-state index in [0.29, 0.717) is 0 Å². The van der Waals surface area contributed by atoms with Gasteiger partial charge >= 0.3 is 0 Å². The molecule has 48 heavy (non-hydrogen) atoms. The highest BCUT2D eigenvalue weighted by Crippen LogP contribution is 2.53. The molecule has 9 aromatic rings. The first-order chi connectivity index (χ1) is 23.3. The highest BCUT2D eigenvalue weighted by atomic mass is 16.3. The smallest absolute Gasteiger partial charge is 0.212 e. The van der Waals surface area contributed by atoms with E-state index in [9.17, 15) is 0 Å².